The first kappa shape index (κ1) is 23.9. The average Bonchev–Trinajstić information content (AvgIpc) is 2.84. The van der Waals surface area contributed by atoms with Crippen molar-refractivity contribution in [1.29, 1.82) is 0 Å². The van der Waals surface area contributed by atoms with E-state index in [9.17, 15) is 14.4 Å². The first-order valence-electron chi connectivity index (χ1n) is 12.0. The van der Waals surface area contributed by atoms with E-state index >= 15 is 0 Å². The van der Waals surface area contributed by atoms with Crippen molar-refractivity contribution in [3.63, 3.8) is 0 Å². The van der Waals surface area contributed by atoms with Crippen LogP contribution in [0.15, 0.2) is 46.1 Å². The van der Waals surface area contributed by atoms with E-state index in [-0.39, 0.29) is 41.9 Å². The summed E-state index contributed by atoms with van der Waals surface area (Å²) in [6.45, 7) is 4.65. The van der Waals surface area contributed by atoms with Gasteiger partial charge in [0.2, 0.25) is 5.91 Å². The number of carbonyl (C=O) groups is 2. The van der Waals surface area contributed by atoms with E-state index in [0.29, 0.717) is 19.6 Å². The third-order valence-corrected chi connectivity index (χ3v) is 7.08. The quantitative estimate of drug-likeness (QED) is 0.679. The van der Waals surface area contributed by atoms with Gasteiger partial charge in [-0.15, -0.1) is 0 Å². The molecular formula is C25H32N4O5. The van der Waals surface area contributed by atoms with Crippen LogP contribution >= 0.6 is 0 Å². The number of carbonyl (C=O) groups excluding carboxylic acids is 1. The predicted octanol–water partition coefficient (Wildman–Crippen LogP) is 1.34. The zero-order valence-electron chi connectivity index (χ0n) is 19.3. The van der Waals surface area contributed by atoms with Gasteiger partial charge < -0.3 is 19.1 Å². The average molecular weight is 469 g/mol. The fourth-order valence-corrected chi connectivity index (χ4v) is 5.51. The fourth-order valence-electron chi connectivity index (χ4n) is 5.51. The number of piperidine rings is 2. The van der Waals surface area contributed by atoms with E-state index in [4.69, 9.17) is 9.90 Å². The minimum absolute atomic E-state index is 0.0273. The predicted molar refractivity (Wildman–Crippen MR) is 127 cm³/mol. The van der Waals surface area contributed by atoms with E-state index in [1.54, 1.807) is 18.3 Å². The van der Waals surface area contributed by atoms with Gasteiger partial charge in [0.25, 0.3) is 17.6 Å². The first-order valence-corrected chi connectivity index (χ1v) is 12.0. The smallest absolute Gasteiger partial charge is 0.290 e. The SMILES string of the molecule is O=C(Cn1ccccc1=O)N1C[C@@H]2C[C@H](C1)c1ccc(CN3CCCCC3)c(=O)n1C2.O=CO. The Morgan fingerprint density at radius 1 is 1.03 bits per heavy atom. The lowest BCUT2D eigenvalue weighted by molar-refractivity contribution is -0.134. The molecule has 2 aromatic rings. The molecule has 2 aromatic heterocycles. The van der Waals surface area contributed by atoms with Gasteiger partial charge in [0, 0.05) is 55.6 Å². The van der Waals surface area contributed by atoms with Crippen LogP contribution in [0, 0.1) is 5.92 Å². The van der Waals surface area contributed by atoms with Crippen LogP contribution in [0.2, 0.25) is 0 Å². The molecular weight excluding hydrogens is 436 g/mol. The van der Waals surface area contributed by atoms with Crippen molar-refractivity contribution < 1.29 is 14.7 Å². The number of hydrogen-bond donors (Lipinski definition) is 1. The molecule has 5 rings (SSSR count). The lowest BCUT2D eigenvalue weighted by atomic mass is 9.83. The van der Waals surface area contributed by atoms with E-state index in [0.717, 1.165) is 37.3 Å². The van der Waals surface area contributed by atoms with Crippen molar-refractivity contribution in [1.82, 2.24) is 18.9 Å². The van der Waals surface area contributed by atoms with Gasteiger partial charge in [-0.2, -0.15) is 0 Å². The molecule has 0 radical (unpaired) electrons. The van der Waals surface area contributed by atoms with Crippen LogP contribution < -0.4 is 11.1 Å². The number of rotatable bonds is 4. The summed E-state index contributed by atoms with van der Waals surface area (Å²) in [5.74, 6) is 0.437. The van der Waals surface area contributed by atoms with E-state index < -0.39 is 0 Å². The topological polar surface area (TPSA) is 105 Å². The van der Waals surface area contributed by atoms with Crippen LogP contribution in [-0.4, -0.2) is 62.6 Å². The van der Waals surface area contributed by atoms with Gasteiger partial charge in [-0.25, -0.2) is 0 Å². The maximum absolute atomic E-state index is 13.2. The second kappa shape index (κ2) is 10.8. The first-order chi connectivity index (χ1) is 16.5. The number of aromatic nitrogens is 2. The number of pyridine rings is 2. The van der Waals surface area contributed by atoms with Gasteiger partial charge >= 0.3 is 0 Å². The molecule has 34 heavy (non-hydrogen) atoms. The standard InChI is InChI=1S/C24H30N4O3.CH2O2/c29-22-6-2-5-11-26(22)17-23(30)27-13-18-12-20(16-27)21-8-7-19(24(31)28(21)14-18)15-25-9-3-1-4-10-25;2-1-3/h2,5-8,11,18,20H,1,3-4,9-10,12-17H2;1H,(H,2,3)/t18-,20+;/m0./s1. The molecule has 9 nitrogen and oxygen atoms in total. The molecule has 2 atom stereocenters. The third kappa shape index (κ3) is 5.30. The maximum Gasteiger partial charge on any atom is 0.290 e. The molecule has 0 saturated carbocycles. The molecule has 2 saturated heterocycles. The van der Waals surface area contributed by atoms with Crippen molar-refractivity contribution in [3.05, 3.63) is 68.5 Å². The highest BCUT2D eigenvalue weighted by molar-refractivity contribution is 5.76. The van der Waals surface area contributed by atoms with Crippen molar-refractivity contribution in [3.8, 4) is 0 Å². The van der Waals surface area contributed by atoms with E-state index in [1.165, 1.54) is 29.9 Å². The Hall–Kier alpha value is -3.20. The summed E-state index contributed by atoms with van der Waals surface area (Å²) >= 11 is 0. The lowest BCUT2D eigenvalue weighted by Gasteiger charge is -2.43. The molecule has 3 aliphatic heterocycles. The summed E-state index contributed by atoms with van der Waals surface area (Å²) < 4.78 is 3.43. The van der Waals surface area contributed by atoms with Crippen LogP contribution in [0.3, 0.4) is 0 Å². The summed E-state index contributed by atoms with van der Waals surface area (Å²) in [5.41, 5.74) is 1.93. The molecule has 1 amide bonds. The second-order valence-corrected chi connectivity index (χ2v) is 9.41. The van der Waals surface area contributed by atoms with Gasteiger partial charge in [-0.3, -0.25) is 24.1 Å². The van der Waals surface area contributed by atoms with Crippen LogP contribution in [0.1, 0.15) is 42.9 Å². The third-order valence-electron chi connectivity index (χ3n) is 7.08. The minimum atomic E-state index is -0.250. The molecule has 3 aliphatic rings. The van der Waals surface area contributed by atoms with Crippen LogP contribution in [-0.2, 0) is 29.2 Å². The Morgan fingerprint density at radius 2 is 1.79 bits per heavy atom. The minimum Gasteiger partial charge on any atom is -0.483 e. The van der Waals surface area contributed by atoms with Crippen molar-refractivity contribution >= 4 is 12.4 Å². The monoisotopic (exact) mass is 468 g/mol. The Bertz CT molecular complexity index is 1130. The highest BCUT2D eigenvalue weighted by Gasteiger charge is 2.36. The Labute approximate surface area is 198 Å². The largest absolute Gasteiger partial charge is 0.483 e. The molecule has 5 heterocycles. The normalized spacial score (nSPS) is 21.7. The van der Waals surface area contributed by atoms with Gasteiger partial charge in [0.05, 0.1) is 0 Å². The van der Waals surface area contributed by atoms with Gasteiger partial charge in [-0.1, -0.05) is 18.6 Å². The molecule has 0 spiro atoms. The van der Waals surface area contributed by atoms with Gasteiger partial charge in [0.15, 0.2) is 0 Å². The van der Waals surface area contributed by atoms with Crippen molar-refractivity contribution in [2.24, 2.45) is 5.92 Å². The van der Waals surface area contributed by atoms with Crippen LogP contribution in [0.5, 0.6) is 0 Å². The summed E-state index contributed by atoms with van der Waals surface area (Å²) in [6, 6.07) is 9.04. The lowest BCUT2D eigenvalue weighted by Crippen LogP contribution is -2.50. The van der Waals surface area contributed by atoms with E-state index in [1.807, 2.05) is 15.5 Å². The van der Waals surface area contributed by atoms with Crippen molar-refractivity contribution in [2.75, 3.05) is 26.2 Å². The summed E-state index contributed by atoms with van der Waals surface area (Å²) in [4.78, 5) is 50.7. The van der Waals surface area contributed by atoms with E-state index in [2.05, 4.69) is 11.0 Å². The zero-order chi connectivity index (χ0) is 24.1. The molecule has 9 heteroatoms. The Balaban J connectivity index is 0.000000868. The summed E-state index contributed by atoms with van der Waals surface area (Å²) in [6.07, 6.45) is 6.39. The van der Waals surface area contributed by atoms with Crippen LogP contribution in [0.4, 0.5) is 0 Å². The highest BCUT2D eigenvalue weighted by atomic mass is 16.3. The molecule has 0 unspecified atom stereocenters. The Kier molecular flexibility index (Phi) is 7.62. The molecule has 1 N–H and O–H groups in total. The summed E-state index contributed by atoms with van der Waals surface area (Å²) in [5, 5.41) is 6.89. The highest BCUT2D eigenvalue weighted by Crippen LogP contribution is 2.35. The van der Waals surface area contributed by atoms with Gasteiger partial charge in [0.1, 0.15) is 6.54 Å². The number of amides is 1. The maximum atomic E-state index is 13.2. The van der Waals surface area contributed by atoms with Gasteiger partial charge in [-0.05, 0) is 50.4 Å². The second-order valence-electron chi connectivity index (χ2n) is 9.41. The molecule has 2 bridgehead atoms. The number of hydrogen-bond acceptors (Lipinski definition) is 5. The molecule has 0 aliphatic carbocycles. The Morgan fingerprint density at radius 3 is 2.53 bits per heavy atom. The van der Waals surface area contributed by atoms with Crippen LogP contribution in [0.25, 0.3) is 0 Å². The molecule has 182 valence electrons. The van der Waals surface area contributed by atoms with Crippen molar-refractivity contribution in [2.45, 2.75) is 51.2 Å². The number of fused-ring (bicyclic) bond motifs is 4. The fraction of sp³-hybridized carbons (Fsp3) is 0.520. The number of likely N-dealkylation sites (tertiary alicyclic amines) is 2. The number of nitrogens with zero attached hydrogens (tertiary/aromatic N) is 4. The number of carboxylic acid groups (broad SMARTS) is 1. The summed E-state index contributed by atoms with van der Waals surface area (Å²) in [7, 11) is 0. The molecule has 2 fully saturated rings. The zero-order valence-corrected chi connectivity index (χ0v) is 19.3. The molecule has 0 aromatic carbocycles.